The number of halogens is 1. The standard InChI is InChI=1S/C14H18ClNO/c1-4-5-6-7-8-16-11(2)9-13(12(16)3)14(17)10-15/h1,9H,5-8,10H2,2-3H3. The summed E-state index contributed by atoms with van der Waals surface area (Å²) in [5, 5.41) is 0. The number of carbonyl (C=O) groups excluding carboxylic acids is 1. The first-order valence-corrected chi connectivity index (χ1v) is 6.34. The molecule has 92 valence electrons. The highest BCUT2D eigenvalue weighted by atomic mass is 35.5. The Balaban J connectivity index is 2.76. The van der Waals surface area contributed by atoms with E-state index >= 15 is 0 Å². The van der Waals surface area contributed by atoms with Crippen molar-refractivity contribution in [2.24, 2.45) is 0 Å². The van der Waals surface area contributed by atoms with Crippen LogP contribution in [0.4, 0.5) is 0 Å². The minimum Gasteiger partial charge on any atom is -0.348 e. The molecule has 0 N–H and O–H groups in total. The molecular formula is C14H18ClNO. The molecule has 0 amide bonds. The molecule has 0 aliphatic heterocycles. The second kappa shape index (κ2) is 6.51. The van der Waals surface area contributed by atoms with Crippen molar-refractivity contribution in [3.05, 3.63) is 23.0 Å². The van der Waals surface area contributed by atoms with Crippen LogP contribution < -0.4 is 0 Å². The van der Waals surface area contributed by atoms with Gasteiger partial charge in [-0.05, 0) is 32.8 Å². The van der Waals surface area contributed by atoms with Crippen LogP contribution in [0.3, 0.4) is 0 Å². The number of hydrogen-bond acceptors (Lipinski definition) is 1. The van der Waals surface area contributed by atoms with Crippen LogP contribution in [0.25, 0.3) is 0 Å². The Labute approximate surface area is 108 Å². The number of hydrogen-bond donors (Lipinski definition) is 0. The predicted molar refractivity (Wildman–Crippen MR) is 71.6 cm³/mol. The Hall–Kier alpha value is -1.20. The minimum atomic E-state index is -0.00496. The maximum absolute atomic E-state index is 11.6. The van der Waals surface area contributed by atoms with Crippen molar-refractivity contribution in [3.63, 3.8) is 0 Å². The van der Waals surface area contributed by atoms with E-state index < -0.39 is 0 Å². The Morgan fingerprint density at radius 1 is 1.47 bits per heavy atom. The van der Waals surface area contributed by atoms with Gasteiger partial charge in [-0.2, -0.15) is 0 Å². The van der Waals surface area contributed by atoms with E-state index in [9.17, 15) is 4.79 Å². The van der Waals surface area contributed by atoms with Gasteiger partial charge in [0.05, 0.1) is 5.88 Å². The van der Waals surface area contributed by atoms with E-state index in [0.717, 1.165) is 42.8 Å². The van der Waals surface area contributed by atoms with Gasteiger partial charge in [-0.15, -0.1) is 23.9 Å². The summed E-state index contributed by atoms with van der Waals surface area (Å²) in [6.07, 6.45) is 8.08. The van der Waals surface area contributed by atoms with Crippen LogP contribution in [0.5, 0.6) is 0 Å². The number of Topliss-reactive ketones (excluding diaryl/α,β-unsaturated/α-hetero) is 1. The first kappa shape index (κ1) is 13.9. The van der Waals surface area contributed by atoms with Crippen LogP contribution in [0, 0.1) is 26.2 Å². The number of carbonyl (C=O) groups is 1. The molecule has 0 saturated heterocycles. The Bertz CT molecular complexity index is 440. The first-order valence-electron chi connectivity index (χ1n) is 5.81. The van der Waals surface area contributed by atoms with Gasteiger partial charge in [0, 0.05) is 29.9 Å². The lowest BCUT2D eigenvalue weighted by molar-refractivity contribution is 0.102. The van der Waals surface area contributed by atoms with Crippen molar-refractivity contribution in [2.45, 2.75) is 39.7 Å². The Morgan fingerprint density at radius 2 is 2.18 bits per heavy atom. The van der Waals surface area contributed by atoms with Crippen molar-refractivity contribution in [3.8, 4) is 12.3 Å². The van der Waals surface area contributed by atoms with Gasteiger partial charge in [-0.1, -0.05) is 0 Å². The van der Waals surface area contributed by atoms with Crippen molar-refractivity contribution < 1.29 is 4.79 Å². The van der Waals surface area contributed by atoms with Crippen molar-refractivity contribution in [2.75, 3.05) is 5.88 Å². The smallest absolute Gasteiger partial charge is 0.179 e. The fourth-order valence-electron chi connectivity index (χ4n) is 2.00. The number of aromatic nitrogens is 1. The number of alkyl halides is 1. The van der Waals surface area contributed by atoms with Crippen molar-refractivity contribution in [1.29, 1.82) is 0 Å². The molecule has 0 spiro atoms. The summed E-state index contributed by atoms with van der Waals surface area (Å²) in [6, 6.07) is 1.92. The quantitative estimate of drug-likeness (QED) is 0.329. The molecule has 1 aromatic rings. The van der Waals surface area contributed by atoms with Crippen LogP contribution in [0.15, 0.2) is 6.07 Å². The van der Waals surface area contributed by atoms with E-state index in [0.29, 0.717) is 0 Å². The zero-order valence-electron chi connectivity index (χ0n) is 10.4. The molecule has 0 aliphatic rings. The van der Waals surface area contributed by atoms with E-state index in [1.54, 1.807) is 0 Å². The molecule has 0 bridgehead atoms. The number of ketones is 1. The summed E-state index contributed by atoms with van der Waals surface area (Å²) < 4.78 is 2.16. The van der Waals surface area contributed by atoms with Crippen LogP contribution in [0.1, 0.15) is 41.0 Å². The van der Waals surface area contributed by atoms with Crippen LogP contribution in [-0.4, -0.2) is 16.2 Å². The lowest BCUT2D eigenvalue weighted by atomic mass is 10.2. The second-order valence-electron chi connectivity index (χ2n) is 4.15. The number of rotatable bonds is 6. The fraction of sp³-hybridized carbons (Fsp3) is 0.500. The third-order valence-corrected chi connectivity index (χ3v) is 3.19. The number of nitrogens with zero attached hydrogens (tertiary/aromatic N) is 1. The van der Waals surface area contributed by atoms with Crippen LogP contribution in [-0.2, 0) is 6.54 Å². The van der Waals surface area contributed by atoms with Gasteiger partial charge in [-0.3, -0.25) is 4.79 Å². The normalized spacial score (nSPS) is 10.2. The summed E-state index contributed by atoms with van der Waals surface area (Å²) in [7, 11) is 0. The molecule has 1 heterocycles. The summed E-state index contributed by atoms with van der Waals surface area (Å²) >= 11 is 5.58. The molecule has 0 aliphatic carbocycles. The molecule has 2 nitrogen and oxygen atoms in total. The molecule has 1 rings (SSSR count). The third-order valence-electron chi connectivity index (χ3n) is 2.95. The van der Waals surface area contributed by atoms with E-state index in [1.165, 1.54) is 0 Å². The molecule has 0 saturated carbocycles. The maximum atomic E-state index is 11.6. The molecule has 0 atom stereocenters. The van der Waals surface area contributed by atoms with Crippen molar-refractivity contribution >= 4 is 17.4 Å². The van der Waals surface area contributed by atoms with Gasteiger partial charge in [0.2, 0.25) is 0 Å². The zero-order valence-corrected chi connectivity index (χ0v) is 11.2. The minimum absolute atomic E-state index is 0.00496. The van der Waals surface area contributed by atoms with E-state index in [2.05, 4.69) is 10.5 Å². The lowest BCUT2D eigenvalue weighted by Crippen LogP contribution is -2.06. The lowest BCUT2D eigenvalue weighted by Gasteiger charge is -2.08. The predicted octanol–water partition coefficient (Wildman–Crippen LogP) is 3.33. The molecule has 0 fully saturated rings. The largest absolute Gasteiger partial charge is 0.348 e. The van der Waals surface area contributed by atoms with E-state index in [1.807, 2.05) is 19.9 Å². The number of aryl methyl sites for hydroxylation is 1. The molecule has 3 heteroatoms. The maximum Gasteiger partial charge on any atom is 0.179 e. The van der Waals surface area contributed by atoms with E-state index in [4.69, 9.17) is 18.0 Å². The summed E-state index contributed by atoms with van der Waals surface area (Å²) in [6.45, 7) is 4.89. The highest BCUT2D eigenvalue weighted by molar-refractivity contribution is 6.30. The molecule has 17 heavy (non-hydrogen) atoms. The molecule has 0 radical (unpaired) electrons. The van der Waals surface area contributed by atoms with Gasteiger partial charge < -0.3 is 4.57 Å². The fourth-order valence-corrected chi connectivity index (χ4v) is 2.14. The van der Waals surface area contributed by atoms with E-state index in [-0.39, 0.29) is 11.7 Å². The first-order chi connectivity index (χ1) is 8.11. The topological polar surface area (TPSA) is 22.0 Å². The van der Waals surface area contributed by atoms with Gasteiger partial charge in [0.1, 0.15) is 0 Å². The highest BCUT2D eigenvalue weighted by Gasteiger charge is 2.14. The van der Waals surface area contributed by atoms with Crippen molar-refractivity contribution in [1.82, 2.24) is 4.57 Å². The summed E-state index contributed by atoms with van der Waals surface area (Å²) in [5.74, 6) is 2.67. The molecule has 1 aromatic heterocycles. The van der Waals surface area contributed by atoms with Gasteiger partial charge in [-0.25, -0.2) is 0 Å². The third kappa shape index (κ3) is 3.38. The van der Waals surface area contributed by atoms with Gasteiger partial charge >= 0.3 is 0 Å². The van der Waals surface area contributed by atoms with Crippen LogP contribution in [0.2, 0.25) is 0 Å². The van der Waals surface area contributed by atoms with Gasteiger partial charge in [0.15, 0.2) is 5.78 Å². The average Bonchev–Trinajstić information content (AvgIpc) is 2.60. The highest BCUT2D eigenvalue weighted by Crippen LogP contribution is 2.17. The monoisotopic (exact) mass is 251 g/mol. The molecule has 0 unspecified atom stereocenters. The number of terminal acetylenes is 1. The molecule has 0 aromatic carbocycles. The number of unbranched alkanes of at least 4 members (excludes halogenated alkanes) is 2. The van der Waals surface area contributed by atoms with Crippen LogP contribution >= 0.6 is 11.6 Å². The van der Waals surface area contributed by atoms with Gasteiger partial charge in [0.25, 0.3) is 0 Å². The summed E-state index contributed by atoms with van der Waals surface area (Å²) in [4.78, 5) is 11.6. The SMILES string of the molecule is C#CCCCCn1c(C)cc(C(=O)CCl)c1C. The summed E-state index contributed by atoms with van der Waals surface area (Å²) in [5.41, 5.74) is 2.86. The molecular weight excluding hydrogens is 234 g/mol. The average molecular weight is 252 g/mol. The zero-order chi connectivity index (χ0) is 12.8. The Morgan fingerprint density at radius 3 is 2.76 bits per heavy atom. The second-order valence-corrected chi connectivity index (χ2v) is 4.42. The Kier molecular flexibility index (Phi) is 5.31.